The van der Waals surface area contributed by atoms with Crippen LogP contribution in [0.4, 0.5) is 0 Å². The third-order valence-electron chi connectivity index (χ3n) is 4.96. The van der Waals surface area contributed by atoms with Gasteiger partial charge in [-0.25, -0.2) is 8.42 Å². The lowest BCUT2D eigenvalue weighted by atomic mass is 10.2. The number of esters is 1. The number of carbonyl (C=O) groups is 3. The van der Waals surface area contributed by atoms with Gasteiger partial charge in [-0.3, -0.25) is 14.4 Å². The summed E-state index contributed by atoms with van der Waals surface area (Å²) in [7, 11) is -3.61. The van der Waals surface area contributed by atoms with Crippen molar-refractivity contribution in [3.63, 3.8) is 0 Å². The van der Waals surface area contributed by atoms with Gasteiger partial charge >= 0.3 is 5.97 Å². The molecule has 0 atom stereocenters. The third kappa shape index (κ3) is 5.94. The Bertz CT molecular complexity index is 1020. The van der Waals surface area contributed by atoms with Crippen LogP contribution in [0.2, 0.25) is 0 Å². The van der Waals surface area contributed by atoms with Gasteiger partial charge in [0, 0.05) is 26.2 Å². The van der Waals surface area contributed by atoms with Crippen LogP contribution in [0.15, 0.2) is 52.0 Å². The van der Waals surface area contributed by atoms with Crippen LogP contribution in [0.1, 0.15) is 22.5 Å². The van der Waals surface area contributed by atoms with E-state index in [-0.39, 0.29) is 28.9 Å². The minimum Gasteiger partial charge on any atom is -0.459 e. The van der Waals surface area contributed by atoms with E-state index in [2.05, 4.69) is 0 Å². The summed E-state index contributed by atoms with van der Waals surface area (Å²) >= 11 is 0. The number of nitrogens with zero attached hydrogens (tertiary/aromatic N) is 2. The molecule has 1 saturated heterocycles. The summed E-state index contributed by atoms with van der Waals surface area (Å²) in [6.45, 7) is 2.69. The fourth-order valence-corrected chi connectivity index (χ4v) is 4.32. The van der Waals surface area contributed by atoms with Crippen molar-refractivity contribution in [1.29, 1.82) is 0 Å². The van der Waals surface area contributed by atoms with Gasteiger partial charge in [0.1, 0.15) is 0 Å². The minimum atomic E-state index is -3.61. The molecule has 1 aromatic heterocycles. The molecule has 0 aliphatic carbocycles. The van der Waals surface area contributed by atoms with Gasteiger partial charge in [-0.2, -0.15) is 0 Å². The van der Waals surface area contributed by atoms with E-state index in [4.69, 9.17) is 9.15 Å². The van der Waals surface area contributed by atoms with Crippen LogP contribution < -0.4 is 0 Å². The van der Waals surface area contributed by atoms with E-state index in [0.29, 0.717) is 26.2 Å². The van der Waals surface area contributed by atoms with Crippen molar-refractivity contribution >= 4 is 27.6 Å². The zero-order valence-corrected chi connectivity index (χ0v) is 18.0. The number of ether oxygens (including phenoxy) is 1. The lowest BCUT2D eigenvalue weighted by Gasteiger charge is -2.34. The SMILES string of the molecule is Cc1ccc(S(=O)(=O)CCC(=O)OCC(=O)N2CCN(C(=O)c3ccco3)CC2)cc1. The maximum atomic E-state index is 12.3. The van der Waals surface area contributed by atoms with Crippen molar-refractivity contribution in [2.45, 2.75) is 18.2 Å². The first-order valence-corrected chi connectivity index (χ1v) is 11.5. The molecule has 166 valence electrons. The van der Waals surface area contributed by atoms with Gasteiger partial charge < -0.3 is 19.0 Å². The second kappa shape index (κ2) is 9.78. The summed E-state index contributed by atoms with van der Waals surface area (Å²) in [6, 6.07) is 9.58. The molecular weight excluding hydrogens is 424 g/mol. The molecule has 31 heavy (non-hydrogen) atoms. The number of aryl methyl sites for hydroxylation is 1. The molecule has 0 bridgehead atoms. The number of sulfone groups is 1. The van der Waals surface area contributed by atoms with E-state index in [1.165, 1.54) is 23.3 Å². The highest BCUT2D eigenvalue weighted by atomic mass is 32.2. The summed E-state index contributed by atoms with van der Waals surface area (Å²) < 4.78 is 34.6. The molecule has 10 heteroatoms. The highest BCUT2D eigenvalue weighted by Crippen LogP contribution is 2.14. The van der Waals surface area contributed by atoms with Crippen LogP contribution >= 0.6 is 0 Å². The number of amides is 2. The Labute approximate surface area is 180 Å². The van der Waals surface area contributed by atoms with Crippen molar-refractivity contribution in [3.8, 4) is 0 Å². The van der Waals surface area contributed by atoms with Crippen molar-refractivity contribution in [2.75, 3.05) is 38.5 Å². The number of furan rings is 1. The molecule has 2 amide bonds. The van der Waals surface area contributed by atoms with Gasteiger partial charge in [0.2, 0.25) is 0 Å². The molecular formula is C21H24N2O7S. The molecule has 9 nitrogen and oxygen atoms in total. The monoisotopic (exact) mass is 448 g/mol. The first-order valence-electron chi connectivity index (χ1n) is 9.82. The Morgan fingerprint density at radius 1 is 1.00 bits per heavy atom. The second-order valence-corrected chi connectivity index (χ2v) is 9.30. The van der Waals surface area contributed by atoms with Crippen LogP contribution in [0.5, 0.6) is 0 Å². The smallest absolute Gasteiger partial charge is 0.307 e. The number of hydrogen-bond acceptors (Lipinski definition) is 7. The molecule has 3 rings (SSSR count). The molecule has 0 unspecified atom stereocenters. The van der Waals surface area contributed by atoms with E-state index >= 15 is 0 Å². The lowest BCUT2D eigenvalue weighted by molar-refractivity contribution is -0.152. The van der Waals surface area contributed by atoms with Crippen LogP contribution in [0.25, 0.3) is 0 Å². The van der Waals surface area contributed by atoms with E-state index in [0.717, 1.165) is 5.56 Å². The van der Waals surface area contributed by atoms with E-state index in [9.17, 15) is 22.8 Å². The van der Waals surface area contributed by atoms with E-state index < -0.39 is 28.2 Å². The Morgan fingerprint density at radius 3 is 2.26 bits per heavy atom. The lowest BCUT2D eigenvalue weighted by Crippen LogP contribution is -2.51. The summed E-state index contributed by atoms with van der Waals surface area (Å²) in [6.07, 6.45) is 1.09. The molecule has 1 fully saturated rings. The van der Waals surface area contributed by atoms with E-state index in [1.54, 1.807) is 29.2 Å². The van der Waals surface area contributed by atoms with E-state index in [1.807, 2.05) is 6.92 Å². The topological polar surface area (TPSA) is 114 Å². The summed E-state index contributed by atoms with van der Waals surface area (Å²) in [5.41, 5.74) is 0.933. The molecule has 1 aliphatic rings. The normalized spacial score (nSPS) is 14.4. The number of hydrogen-bond donors (Lipinski definition) is 0. The maximum absolute atomic E-state index is 12.3. The second-order valence-electron chi connectivity index (χ2n) is 7.19. The molecule has 0 saturated carbocycles. The van der Waals surface area contributed by atoms with Gasteiger partial charge in [-0.15, -0.1) is 0 Å². The predicted molar refractivity (Wildman–Crippen MR) is 110 cm³/mol. The first kappa shape index (κ1) is 22.5. The number of piperazine rings is 1. The zero-order chi connectivity index (χ0) is 22.4. The maximum Gasteiger partial charge on any atom is 0.307 e. The quantitative estimate of drug-likeness (QED) is 0.586. The first-order chi connectivity index (χ1) is 14.8. The van der Waals surface area contributed by atoms with Crippen molar-refractivity contribution < 1.29 is 32.0 Å². The van der Waals surface area contributed by atoms with Crippen molar-refractivity contribution in [2.24, 2.45) is 0 Å². The minimum absolute atomic E-state index is 0.143. The fraction of sp³-hybridized carbons (Fsp3) is 0.381. The highest BCUT2D eigenvalue weighted by Gasteiger charge is 2.26. The average molecular weight is 448 g/mol. The predicted octanol–water partition coefficient (Wildman–Crippen LogP) is 1.28. The Kier molecular flexibility index (Phi) is 7.11. The van der Waals surface area contributed by atoms with Crippen molar-refractivity contribution in [1.82, 2.24) is 9.80 Å². The van der Waals surface area contributed by atoms with Crippen LogP contribution in [0.3, 0.4) is 0 Å². The van der Waals surface area contributed by atoms with Crippen LogP contribution in [0, 0.1) is 6.92 Å². The number of rotatable bonds is 7. The molecule has 1 aliphatic heterocycles. The van der Waals surface area contributed by atoms with Gasteiger partial charge in [-0.1, -0.05) is 17.7 Å². The van der Waals surface area contributed by atoms with Crippen LogP contribution in [-0.2, 0) is 24.2 Å². The largest absolute Gasteiger partial charge is 0.459 e. The van der Waals surface area contributed by atoms with Gasteiger partial charge in [-0.05, 0) is 31.2 Å². The molecule has 1 aromatic carbocycles. The molecule has 0 radical (unpaired) electrons. The summed E-state index contributed by atoms with van der Waals surface area (Å²) in [5.74, 6) is -1.53. The Hall–Kier alpha value is -3.14. The number of benzene rings is 1. The summed E-state index contributed by atoms with van der Waals surface area (Å²) in [4.78, 5) is 39.7. The van der Waals surface area contributed by atoms with Gasteiger partial charge in [0.15, 0.2) is 22.2 Å². The number of carbonyl (C=O) groups excluding carboxylic acids is 3. The molecule has 0 N–H and O–H groups in total. The zero-order valence-electron chi connectivity index (χ0n) is 17.2. The van der Waals surface area contributed by atoms with Gasteiger partial charge in [0.25, 0.3) is 11.8 Å². The van der Waals surface area contributed by atoms with Crippen molar-refractivity contribution in [3.05, 3.63) is 54.0 Å². The average Bonchev–Trinajstić information content (AvgIpc) is 3.31. The standard InChI is InChI=1S/C21H24N2O7S/c1-16-4-6-17(7-5-16)31(27,28)14-8-20(25)30-15-19(24)22-9-11-23(12-10-22)21(26)18-3-2-13-29-18/h2-7,13H,8-12,14-15H2,1H3. The molecule has 0 spiro atoms. The fourth-order valence-electron chi connectivity index (χ4n) is 3.10. The van der Waals surface area contributed by atoms with Crippen LogP contribution in [-0.4, -0.2) is 74.5 Å². The Balaban J connectivity index is 1.40. The molecule has 2 aromatic rings. The third-order valence-corrected chi connectivity index (χ3v) is 6.70. The molecule has 2 heterocycles. The summed E-state index contributed by atoms with van der Waals surface area (Å²) in [5, 5.41) is 0. The van der Waals surface area contributed by atoms with Gasteiger partial charge in [0.05, 0.1) is 23.3 Å². The Morgan fingerprint density at radius 2 is 1.65 bits per heavy atom. The highest BCUT2D eigenvalue weighted by molar-refractivity contribution is 7.91.